The van der Waals surface area contributed by atoms with E-state index in [9.17, 15) is 13.2 Å². The lowest BCUT2D eigenvalue weighted by Gasteiger charge is -2.21. The van der Waals surface area contributed by atoms with Crippen LogP contribution in [0.25, 0.3) is 0 Å². The highest BCUT2D eigenvalue weighted by Crippen LogP contribution is 2.19. The molecule has 1 fully saturated rings. The van der Waals surface area contributed by atoms with E-state index in [2.05, 4.69) is 5.32 Å². The standard InChI is InChI=1S/C16H24N2O4S/c1-11-6-5-7-12(2)15(11)16(19)17-14-9-22-8-13(14)10-23(20,21)18(3)4/h5-7,13-14H,8-10H2,1-4H3,(H,17,19). The predicted molar refractivity (Wildman–Crippen MR) is 89.0 cm³/mol. The number of sulfonamides is 1. The first kappa shape index (κ1) is 17.9. The summed E-state index contributed by atoms with van der Waals surface area (Å²) in [4.78, 5) is 12.6. The number of benzene rings is 1. The number of amides is 1. The van der Waals surface area contributed by atoms with Gasteiger partial charge >= 0.3 is 0 Å². The lowest BCUT2D eigenvalue weighted by Crippen LogP contribution is -2.43. The third-order valence-corrected chi connectivity index (χ3v) is 6.17. The highest BCUT2D eigenvalue weighted by Gasteiger charge is 2.34. The average molecular weight is 340 g/mol. The van der Waals surface area contributed by atoms with Crippen molar-refractivity contribution in [3.63, 3.8) is 0 Å². The summed E-state index contributed by atoms with van der Waals surface area (Å²) in [6.45, 7) is 4.46. The van der Waals surface area contributed by atoms with Gasteiger partial charge in [0.2, 0.25) is 10.0 Å². The SMILES string of the molecule is Cc1cccc(C)c1C(=O)NC1COCC1CS(=O)(=O)N(C)C. The van der Waals surface area contributed by atoms with Crippen LogP contribution in [0.5, 0.6) is 0 Å². The van der Waals surface area contributed by atoms with Crippen LogP contribution in [0.3, 0.4) is 0 Å². The summed E-state index contributed by atoms with van der Waals surface area (Å²) >= 11 is 0. The van der Waals surface area contributed by atoms with Crippen molar-refractivity contribution in [3.05, 3.63) is 34.9 Å². The number of carbonyl (C=O) groups is 1. The Labute approximate surface area is 137 Å². The number of aryl methyl sites for hydroxylation is 2. The summed E-state index contributed by atoms with van der Waals surface area (Å²) < 4.78 is 30.7. The Bertz CT molecular complexity index is 665. The van der Waals surface area contributed by atoms with E-state index in [0.717, 1.165) is 11.1 Å². The van der Waals surface area contributed by atoms with Crippen LogP contribution in [0.4, 0.5) is 0 Å². The fourth-order valence-corrected chi connectivity index (χ4v) is 3.92. The van der Waals surface area contributed by atoms with Crippen molar-refractivity contribution in [1.29, 1.82) is 0 Å². The normalized spacial score (nSPS) is 21.6. The second-order valence-corrected chi connectivity index (χ2v) is 8.43. The number of nitrogens with one attached hydrogen (secondary N) is 1. The Kier molecular flexibility index (Phi) is 5.44. The zero-order chi connectivity index (χ0) is 17.2. The van der Waals surface area contributed by atoms with Crippen molar-refractivity contribution < 1.29 is 17.9 Å². The molecule has 1 aromatic carbocycles. The molecule has 1 saturated heterocycles. The monoisotopic (exact) mass is 340 g/mol. The van der Waals surface area contributed by atoms with E-state index in [-0.39, 0.29) is 23.6 Å². The molecule has 1 heterocycles. The molecule has 0 aromatic heterocycles. The fourth-order valence-electron chi connectivity index (χ4n) is 2.76. The van der Waals surface area contributed by atoms with Crippen molar-refractivity contribution in [3.8, 4) is 0 Å². The molecule has 7 heteroatoms. The molecule has 0 radical (unpaired) electrons. The van der Waals surface area contributed by atoms with Gasteiger partial charge in [0.15, 0.2) is 0 Å². The van der Waals surface area contributed by atoms with Crippen LogP contribution in [0.1, 0.15) is 21.5 Å². The van der Waals surface area contributed by atoms with E-state index < -0.39 is 10.0 Å². The van der Waals surface area contributed by atoms with E-state index in [1.54, 1.807) is 0 Å². The van der Waals surface area contributed by atoms with Crippen molar-refractivity contribution in [2.75, 3.05) is 33.1 Å². The first-order valence-corrected chi connectivity index (χ1v) is 9.18. The number of hydrogen-bond acceptors (Lipinski definition) is 4. The molecule has 1 aliphatic rings. The Morgan fingerprint density at radius 1 is 1.26 bits per heavy atom. The van der Waals surface area contributed by atoms with Gasteiger partial charge < -0.3 is 10.1 Å². The van der Waals surface area contributed by atoms with E-state index in [4.69, 9.17) is 4.74 Å². The van der Waals surface area contributed by atoms with Crippen molar-refractivity contribution >= 4 is 15.9 Å². The van der Waals surface area contributed by atoms with Gasteiger partial charge in [0.1, 0.15) is 0 Å². The molecule has 0 bridgehead atoms. The van der Waals surface area contributed by atoms with Gasteiger partial charge in [-0.15, -0.1) is 0 Å². The second-order valence-electron chi connectivity index (χ2n) is 6.21. The maximum Gasteiger partial charge on any atom is 0.252 e. The quantitative estimate of drug-likeness (QED) is 0.865. The third-order valence-electron chi connectivity index (χ3n) is 4.20. The highest BCUT2D eigenvalue weighted by molar-refractivity contribution is 7.89. The minimum absolute atomic E-state index is 0.0301. The number of nitrogens with zero attached hydrogens (tertiary/aromatic N) is 1. The fraction of sp³-hybridized carbons (Fsp3) is 0.562. The van der Waals surface area contributed by atoms with Crippen LogP contribution in [-0.4, -0.2) is 57.7 Å². The van der Waals surface area contributed by atoms with Gasteiger partial charge in [0.25, 0.3) is 5.91 Å². The van der Waals surface area contributed by atoms with Crippen molar-refractivity contribution in [2.45, 2.75) is 19.9 Å². The first-order valence-electron chi connectivity index (χ1n) is 7.57. The van der Waals surface area contributed by atoms with Gasteiger partial charge in [0, 0.05) is 25.6 Å². The lowest BCUT2D eigenvalue weighted by molar-refractivity contribution is 0.0924. The molecule has 2 atom stereocenters. The molecule has 2 rings (SSSR count). The maximum atomic E-state index is 12.6. The number of hydrogen-bond donors (Lipinski definition) is 1. The molecule has 1 aliphatic heterocycles. The summed E-state index contributed by atoms with van der Waals surface area (Å²) in [5, 5.41) is 2.94. The molecule has 1 amide bonds. The lowest BCUT2D eigenvalue weighted by atomic mass is 10.0. The molecular weight excluding hydrogens is 316 g/mol. The largest absolute Gasteiger partial charge is 0.379 e. The van der Waals surface area contributed by atoms with Gasteiger partial charge in [-0.25, -0.2) is 12.7 Å². The summed E-state index contributed by atoms with van der Waals surface area (Å²) in [5.74, 6) is -0.448. The highest BCUT2D eigenvalue weighted by atomic mass is 32.2. The van der Waals surface area contributed by atoms with Crippen LogP contribution in [0.15, 0.2) is 18.2 Å². The maximum absolute atomic E-state index is 12.6. The van der Waals surface area contributed by atoms with E-state index >= 15 is 0 Å². The predicted octanol–water partition coefficient (Wildman–Crippen LogP) is 0.940. The number of rotatable bonds is 5. The minimum atomic E-state index is -3.33. The summed E-state index contributed by atoms with van der Waals surface area (Å²) in [7, 11) is -0.311. The molecule has 1 aromatic rings. The van der Waals surface area contributed by atoms with Crippen LogP contribution in [-0.2, 0) is 14.8 Å². The summed E-state index contributed by atoms with van der Waals surface area (Å²) in [5.41, 5.74) is 2.45. The zero-order valence-electron chi connectivity index (χ0n) is 14.0. The van der Waals surface area contributed by atoms with Crippen molar-refractivity contribution in [1.82, 2.24) is 9.62 Å². The van der Waals surface area contributed by atoms with E-state index in [0.29, 0.717) is 18.8 Å². The van der Waals surface area contributed by atoms with Crippen LogP contribution in [0.2, 0.25) is 0 Å². The van der Waals surface area contributed by atoms with Gasteiger partial charge in [-0.05, 0) is 25.0 Å². The molecule has 0 saturated carbocycles. The summed E-state index contributed by atoms with van der Waals surface area (Å²) in [6.07, 6.45) is 0. The molecule has 2 unspecified atom stereocenters. The number of carbonyl (C=O) groups excluding carboxylic acids is 1. The Hall–Kier alpha value is -1.44. The van der Waals surface area contributed by atoms with Gasteiger partial charge in [-0.3, -0.25) is 4.79 Å². The molecular formula is C16H24N2O4S. The molecule has 23 heavy (non-hydrogen) atoms. The average Bonchev–Trinajstić information content (AvgIpc) is 2.84. The van der Waals surface area contributed by atoms with E-state index in [1.165, 1.54) is 18.4 Å². The Morgan fingerprint density at radius 2 is 1.87 bits per heavy atom. The van der Waals surface area contributed by atoms with E-state index in [1.807, 2.05) is 32.0 Å². The number of ether oxygens (including phenoxy) is 1. The van der Waals surface area contributed by atoms with Gasteiger partial charge in [-0.1, -0.05) is 18.2 Å². The van der Waals surface area contributed by atoms with Crippen LogP contribution < -0.4 is 5.32 Å². The second kappa shape index (κ2) is 6.98. The van der Waals surface area contributed by atoms with Gasteiger partial charge in [-0.2, -0.15) is 0 Å². The van der Waals surface area contributed by atoms with Crippen LogP contribution >= 0.6 is 0 Å². The molecule has 0 aliphatic carbocycles. The summed E-state index contributed by atoms with van der Waals surface area (Å²) in [6, 6.07) is 5.39. The van der Waals surface area contributed by atoms with Crippen LogP contribution in [0, 0.1) is 19.8 Å². The third kappa shape index (κ3) is 4.10. The topological polar surface area (TPSA) is 75.7 Å². The molecule has 1 N–H and O–H groups in total. The Morgan fingerprint density at radius 3 is 2.43 bits per heavy atom. The molecule has 0 spiro atoms. The van der Waals surface area contributed by atoms with Gasteiger partial charge in [0.05, 0.1) is 25.0 Å². The molecule has 6 nitrogen and oxygen atoms in total. The smallest absolute Gasteiger partial charge is 0.252 e. The first-order chi connectivity index (χ1) is 10.7. The minimum Gasteiger partial charge on any atom is -0.379 e. The zero-order valence-corrected chi connectivity index (χ0v) is 14.8. The molecule has 128 valence electrons. The van der Waals surface area contributed by atoms with Crippen molar-refractivity contribution in [2.24, 2.45) is 5.92 Å². The Balaban J connectivity index is 2.11.